The maximum atomic E-state index is 6.03. The number of hydrogen-bond acceptors (Lipinski definition) is 2. The Morgan fingerprint density at radius 3 is 2.72 bits per heavy atom. The van der Waals surface area contributed by atoms with E-state index in [4.69, 9.17) is 16.3 Å². The van der Waals surface area contributed by atoms with Crippen molar-refractivity contribution in [3.63, 3.8) is 0 Å². The standard InChI is InChI=1S/C15H24ClNO/c1-3-5-6-9-17-12-13-11-14(16)7-8-15(13)18-10-4-2/h7-8,11,17H,3-6,9-10,12H2,1-2H3. The van der Waals surface area contributed by atoms with Crippen molar-refractivity contribution in [3.8, 4) is 5.75 Å². The first-order valence-corrected chi connectivity index (χ1v) is 7.27. The van der Waals surface area contributed by atoms with Gasteiger partial charge in [-0.2, -0.15) is 0 Å². The third kappa shape index (κ3) is 5.74. The molecule has 3 heteroatoms. The van der Waals surface area contributed by atoms with Crippen LogP contribution in [0.25, 0.3) is 0 Å². The molecule has 0 unspecified atom stereocenters. The van der Waals surface area contributed by atoms with Gasteiger partial charge in [-0.05, 0) is 37.6 Å². The molecule has 0 saturated carbocycles. The molecule has 0 bridgehead atoms. The SMILES string of the molecule is CCCCCNCc1cc(Cl)ccc1OCCC. The van der Waals surface area contributed by atoms with Crippen molar-refractivity contribution in [3.05, 3.63) is 28.8 Å². The van der Waals surface area contributed by atoms with Crippen molar-refractivity contribution in [1.82, 2.24) is 5.32 Å². The van der Waals surface area contributed by atoms with Gasteiger partial charge in [-0.15, -0.1) is 0 Å². The molecule has 1 aromatic rings. The van der Waals surface area contributed by atoms with Gasteiger partial charge in [0.05, 0.1) is 6.61 Å². The summed E-state index contributed by atoms with van der Waals surface area (Å²) in [5, 5.41) is 4.21. The van der Waals surface area contributed by atoms with Crippen LogP contribution in [0.5, 0.6) is 5.75 Å². The van der Waals surface area contributed by atoms with Crippen molar-refractivity contribution >= 4 is 11.6 Å². The Balaban J connectivity index is 2.47. The Morgan fingerprint density at radius 2 is 2.00 bits per heavy atom. The minimum atomic E-state index is 0.754. The number of rotatable bonds is 9. The molecule has 0 atom stereocenters. The molecule has 0 aromatic heterocycles. The number of halogens is 1. The van der Waals surface area contributed by atoms with E-state index in [1.165, 1.54) is 19.3 Å². The Kier molecular flexibility index (Phi) is 7.86. The van der Waals surface area contributed by atoms with E-state index in [0.717, 1.165) is 42.5 Å². The van der Waals surface area contributed by atoms with Crippen LogP contribution < -0.4 is 10.1 Å². The van der Waals surface area contributed by atoms with Gasteiger partial charge in [0.25, 0.3) is 0 Å². The normalized spacial score (nSPS) is 10.6. The van der Waals surface area contributed by atoms with Crippen LogP contribution in [0, 0.1) is 0 Å². The molecule has 1 rings (SSSR count). The molecule has 1 aromatic carbocycles. The van der Waals surface area contributed by atoms with Gasteiger partial charge in [0.2, 0.25) is 0 Å². The highest BCUT2D eigenvalue weighted by molar-refractivity contribution is 6.30. The number of hydrogen-bond donors (Lipinski definition) is 1. The maximum absolute atomic E-state index is 6.03. The van der Waals surface area contributed by atoms with Crippen molar-refractivity contribution in [2.24, 2.45) is 0 Å². The van der Waals surface area contributed by atoms with Crippen molar-refractivity contribution in [1.29, 1.82) is 0 Å². The zero-order valence-electron chi connectivity index (χ0n) is 11.5. The predicted octanol–water partition coefficient (Wildman–Crippen LogP) is 4.41. The lowest BCUT2D eigenvalue weighted by Crippen LogP contribution is -2.15. The third-order valence-electron chi connectivity index (χ3n) is 2.76. The molecule has 0 amide bonds. The number of benzene rings is 1. The first-order valence-electron chi connectivity index (χ1n) is 6.89. The molecule has 2 nitrogen and oxygen atoms in total. The highest BCUT2D eigenvalue weighted by Gasteiger charge is 2.04. The van der Waals surface area contributed by atoms with Gasteiger partial charge in [-0.1, -0.05) is 38.3 Å². The zero-order chi connectivity index (χ0) is 13.2. The largest absolute Gasteiger partial charge is 0.493 e. The summed E-state index contributed by atoms with van der Waals surface area (Å²) in [4.78, 5) is 0. The predicted molar refractivity (Wildman–Crippen MR) is 78.5 cm³/mol. The van der Waals surface area contributed by atoms with E-state index < -0.39 is 0 Å². The number of ether oxygens (including phenoxy) is 1. The molecule has 0 aliphatic rings. The van der Waals surface area contributed by atoms with Crippen LogP contribution in [0.4, 0.5) is 0 Å². The molecule has 18 heavy (non-hydrogen) atoms. The van der Waals surface area contributed by atoms with Crippen LogP contribution >= 0.6 is 11.6 Å². The highest BCUT2D eigenvalue weighted by atomic mass is 35.5. The lowest BCUT2D eigenvalue weighted by Gasteiger charge is -2.12. The summed E-state index contributed by atoms with van der Waals surface area (Å²) < 4.78 is 5.72. The van der Waals surface area contributed by atoms with Crippen molar-refractivity contribution < 1.29 is 4.74 Å². The molecule has 1 N–H and O–H groups in total. The topological polar surface area (TPSA) is 21.3 Å². The summed E-state index contributed by atoms with van der Waals surface area (Å²) in [6.07, 6.45) is 4.78. The van der Waals surface area contributed by atoms with E-state index in [2.05, 4.69) is 19.2 Å². The summed E-state index contributed by atoms with van der Waals surface area (Å²) in [7, 11) is 0. The zero-order valence-corrected chi connectivity index (χ0v) is 12.2. The Labute approximate surface area is 116 Å². The molecular weight excluding hydrogens is 246 g/mol. The summed E-state index contributed by atoms with van der Waals surface area (Å²) in [6, 6.07) is 5.83. The van der Waals surface area contributed by atoms with Crippen molar-refractivity contribution in [2.75, 3.05) is 13.2 Å². The summed E-state index contributed by atoms with van der Waals surface area (Å²) in [5.41, 5.74) is 1.15. The van der Waals surface area contributed by atoms with Gasteiger partial charge in [-0.3, -0.25) is 0 Å². The smallest absolute Gasteiger partial charge is 0.123 e. The second-order valence-electron chi connectivity index (χ2n) is 4.48. The lowest BCUT2D eigenvalue weighted by molar-refractivity contribution is 0.313. The Bertz CT molecular complexity index is 341. The van der Waals surface area contributed by atoms with Crippen LogP contribution in [0.3, 0.4) is 0 Å². The molecule has 0 radical (unpaired) electrons. The van der Waals surface area contributed by atoms with Crippen LogP contribution in [-0.2, 0) is 6.54 Å². The van der Waals surface area contributed by atoms with E-state index in [-0.39, 0.29) is 0 Å². The molecule has 102 valence electrons. The van der Waals surface area contributed by atoms with Crippen LogP contribution in [0.15, 0.2) is 18.2 Å². The van der Waals surface area contributed by atoms with Gasteiger partial charge < -0.3 is 10.1 Å². The highest BCUT2D eigenvalue weighted by Crippen LogP contribution is 2.23. The van der Waals surface area contributed by atoms with Gasteiger partial charge in [0.1, 0.15) is 5.75 Å². The van der Waals surface area contributed by atoms with E-state index in [1.807, 2.05) is 18.2 Å². The first kappa shape index (κ1) is 15.3. The molecular formula is C15H24ClNO. The number of unbranched alkanes of at least 4 members (excludes halogenated alkanes) is 2. The second-order valence-corrected chi connectivity index (χ2v) is 4.92. The van der Waals surface area contributed by atoms with E-state index in [0.29, 0.717) is 0 Å². The van der Waals surface area contributed by atoms with E-state index in [9.17, 15) is 0 Å². The summed E-state index contributed by atoms with van der Waals surface area (Å²) in [5.74, 6) is 0.948. The molecule has 0 saturated heterocycles. The first-order chi connectivity index (χ1) is 8.77. The third-order valence-corrected chi connectivity index (χ3v) is 2.99. The lowest BCUT2D eigenvalue weighted by atomic mass is 10.2. The number of nitrogens with one attached hydrogen (secondary N) is 1. The summed E-state index contributed by atoms with van der Waals surface area (Å²) >= 11 is 6.03. The van der Waals surface area contributed by atoms with E-state index in [1.54, 1.807) is 0 Å². The van der Waals surface area contributed by atoms with Gasteiger partial charge >= 0.3 is 0 Å². The van der Waals surface area contributed by atoms with Crippen LogP contribution in [0.1, 0.15) is 45.1 Å². The van der Waals surface area contributed by atoms with Gasteiger partial charge in [0, 0.05) is 17.1 Å². The fourth-order valence-corrected chi connectivity index (χ4v) is 1.96. The fraction of sp³-hybridized carbons (Fsp3) is 0.600. The molecule has 0 heterocycles. The van der Waals surface area contributed by atoms with Crippen molar-refractivity contribution in [2.45, 2.75) is 46.1 Å². The average Bonchev–Trinajstić information content (AvgIpc) is 2.37. The van der Waals surface area contributed by atoms with Gasteiger partial charge in [-0.25, -0.2) is 0 Å². The van der Waals surface area contributed by atoms with Gasteiger partial charge in [0.15, 0.2) is 0 Å². The second kappa shape index (κ2) is 9.23. The molecule has 0 aliphatic carbocycles. The average molecular weight is 270 g/mol. The fourth-order valence-electron chi connectivity index (χ4n) is 1.76. The summed E-state index contributed by atoms with van der Waals surface area (Å²) in [6.45, 7) is 6.95. The monoisotopic (exact) mass is 269 g/mol. The van der Waals surface area contributed by atoms with Crippen LogP contribution in [-0.4, -0.2) is 13.2 Å². The maximum Gasteiger partial charge on any atom is 0.123 e. The minimum absolute atomic E-state index is 0.754. The molecule has 0 fully saturated rings. The quantitative estimate of drug-likeness (QED) is 0.671. The molecule has 0 aliphatic heterocycles. The Morgan fingerprint density at radius 1 is 1.17 bits per heavy atom. The Hall–Kier alpha value is -0.730. The molecule has 0 spiro atoms. The minimum Gasteiger partial charge on any atom is -0.493 e. The van der Waals surface area contributed by atoms with E-state index >= 15 is 0 Å². The van der Waals surface area contributed by atoms with Crippen LogP contribution in [0.2, 0.25) is 5.02 Å².